The summed E-state index contributed by atoms with van der Waals surface area (Å²) in [6.07, 6.45) is 0.344. The van der Waals surface area contributed by atoms with Crippen molar-refractivity contribution in [2.75, 3.05) is 5.32 Å². The Balaban J connectivity index is 0.00000180. The zero-order valence-electron chi connectivity index (χ0n) is 10.00. The Hall–Kier alpha value is -2.33. The van der Waals surface area contributed by atoms with E-state index in [1.54, 1.807) is 6.07 Å². The van der Waals surface area contributed by atoms with E-state index >= 15 is 0 Å². The highest BCUT2D eigenvalue weighted by molar-refractivity contribution is 5.95. The zero-order valence-corrected chi connectivity index (χ0v) is 10.8. The van der Waals surface area contributed by atoms with Crippen LogP contribution >= 0.6 is 12.4 Å². The van der Waals surface area contributed by atoms with Crippen LogP contribution in [0.2, 0.25) is 0 Å². The van der Waals surface area contributed by atoms with Gasteiger partial charge < -0.3 is 5.32 Å². The van der Waals surface area contributed by atoms with E-state index in [0.29, 0.717) is 12.1 Å². The number of halogens is 1. The Morgan fingerprint density at radius 1 is 0.947 bits per heavy atom. The fraction of sp³-hybridized carbons (Fsp3) is 0. The van der Waals surface area contributed by atoms with E-state index in [-0.39, 0.29) is 12.4 Å². The fourth-order valence-corrected chi connectivity index (χ4v) is 1.63. The molecule has 0 fully saturated rings. The molecule has 3 amide bonds. The number of hydrogen-bond acceptors (Lipinski definition) is 2. The Morgan fingerprint density at radius 3 is 2.32 bits per heavy atom. The van der Waals surface area contributed by atoms with Crippen molar-refractivity contribution in [1.29, 1.82) is 0 Å². The fourth-order valence-electron chi connectivity index (χ4n) is 1.63. The van der Waals surface area contributed by atoms with Gasteiger partial charge in [0.15, 0.2) is 0 Å². The molecule has 2 aromatic carbocycles. The first-order valence-electron chi connectivity index (χ1n) is 5.46. The van der Waals surface area contributed by atoms with Gasteiger partial charge in [-0.05, 0) is 23.3 Å². The number of imide groups is 1. The van der Waals surface area contributed by atoms with Crippen LogP contribution in [-0.4, -0.2) is 12.4 Å². The van der Waals surface area contributed by atoms with Gasteiger partial charge in [-0.25, -0.2) is 4.79 Å². The van der Waals surface area contributed by atoms with Crippen molar-refractivity contribution in [1.82, 2.24) is 5.32 Å². The van der Waals surface area contributed by atoms with Gasteiger partial charge in [0.1, 0.15) is 0 Å². The smallest absolute Gasteiger partial charge is 0.308 e. The standard InChI is InChI=1S/C14H12N2O2.ClH/c17-10-15-14(18)16-13-8-4-7-12(9-13)11-5-2-1-3-6-11;/h1-10H,(H2,15,16,17,18);1H. The molecule has 0 aliphatic rings. The Morgan fingerprint density at radius 2 is 1.63 bits per heavy atom. The van der Waals surface area contributed by atoms with Crippen LogP contribution in [0, 0.1) is 0 Å². The van der Waals surface area contributed by atoms with E-state index < -0.39 is 6.03 Å². The van der Waals surface area contributed by atoms with Gasteiger partial charge in [0.25, 0.3) is 0 Å². The summed E-state index contributed by atoms with van der Waals surface area (Å²) >= 11 is 0. The van der Waals surface area contributed by atoms with Crippen LogP contribution in [0.25, 0.3) is 11.1 Å². The van der Waals surface area contributed by atoms with Gasteiger partial charge in [0.2, 0.25) is 6.41 Å². The lowest BCUT2D eigenvalue weighted by Gasteiger charge is -2.06. The molecule has 0 aromatic heterocycles. The molecule has 98 valence electrons. The second-order valence-corrected chi connectivity index (χ2v) is 3.66. The van der Waals surface area contributed by atoms with Crippen LogP contribution < -0.4 is 10.6 Å². The molecule has 0 aliphatic heterocycles. The van der Waals surface area contributed by atoms with Crippen molar-refractivity contribution >= 4 is 30.5 Å². The molecule has 0 saturated carbocycles. The van der Waals surface area contributed by atoms with Crippen molar-refractivity contribution in [2.24, 2.45) is 0 Å². The number of rotatable bonds is 3. The van der Waals surface area contributed by atoms with Crippen molar-refractivity contribution in [3.63, 3.8) is 0 Å². The summed E-state index contributed by atoms with van der Waals surface area (Å²) in [5.41, 5.74) is 2.70. The summed E-state index contributed by atoms with van der Waals surface area (Å²) in [5, 5.41) is 4.59. The average molecular weight is 277 g/mol. The molecule has 2 N–H and O–H groups in total. The number of benzene rings is 2. The lowest BCUT2D eigenvalue weighted by molar-refractivity contribution is -0.108. The Kier molecular flexibility index (Phi) is 5.57. The SMILES string of the molecule is Cl.O=CNC(=O)Nc1cccc(-c2ccccc2)c1. The van der Waals surface area contributed by atoms with Crippen LogP contribution in [0.3, 0.4) is 0 Å². The van der Waals surface area contributed by atoms with E-state index in [0.717, 1.165) is 11.1 Å². The normalized spacial score (nSPS) is 9.05. The van der Waals surface area contributed by atoms with Gasteiger partial charge in [-0.2, -0.15) is 0 Å². The van der Waals surface area contributed by atoms with E-state index in [4.69, 9.17) is 0 Å². The number of carbonyl (C=O) groups is 2. The minimum atomic E-state index is -0.546. The van der Waals surface area contributed by atoms with Crippen LogP contribution in [0.15, 0.2) is 54.6 Å². The number of carbonyl (C=O) groups excluding carboxylic acids is 2. The number of hydrogen-bond donors (Lipinski definition) is 2. The largest absolute Gasteiger partial charge is 0.325 e. The van der Waals surface area contributed by atoms with Gasteiger partial charge in [-0.15, -0.1) is 12.4 Å². The monoisotopic (exact) mass is 276 g/mol. The second-order valence-electron chi connectivity index (χ2n) is 3.66. The van der Waals surface area contributed by atoms with E-state index in [2.05, 4.69) is 5.32 Å². The first-order valence-corrected chi connectivity index (χ1v) is 5.46. The third-order valence-corrected chi connectivity index (χ3v) is 2.42. The van der Waals surface area contributed by atoms with Crippen LogP contribution in [0.4, 0.5) is 10.5 Å². The van der Waals surface area contributed by atoms with E-state index in [1.807, 2.05) is 53.8 Å². The first kappa shape index (κ1) is 14.7. The minimum Gasteiger partial charge on any atom is -0.308 e. The number of anilines is 1. The Bertz CT molecular complexity index is 558. The minimum absolute atomic E-state index is 0. The molecule has 0 saturated heterocycles. The third-order valence-electron chi connectivity index (χ3n) is 2.42. The average Bonchev–Trinajstić information content (AvgIpc) is 2.40. The zero-order chi connectivity index (χ0) is 12.8. The number of nitrogens with one attached hydrogen (secondary N) is 2. The highest BCUT2D eigenvalue weighted by Gasteiger charge is 2.02. The van der Waals surface area contributed by atoms with Crippen molar-refractivity contribution in [2.45, 2.75) is 0 Å². The molecular weight excluding hydrogens is 264 g/mol. The number of urea groups is 1. The molecule has 0 radical (unpaired) electrons. The third kappa shape index (κ3) is 4.12. The molecule has 0 bridgehead atoms. The van der Waals surface area contributed by atoms with Gasteiger partial charge >= 0.3 is 6.03 Å². The van der Waals surface area contributed by atoms with Gasteiger partial charge in [0, 0.05) is 5.69 Å². The van der Waals surface area contributed by atoms with Gasteiger partial charge in [-0.1, -0.05) is 42.5 Å². The van der Waals surface area contributed by atoms with Crippen LogP contribution in [0.5, 0.6) is 0 Å². The molecular formula is C14H13ClN2O2. The predicted molar refractivity (Wildman–Crippen MR) is 77.3 cm³/mol. The highest BCUT2D eigenvalue weighted by atomic mass is 35.5. The maximum atomic E-state index is 11.2. The van der Waals surface area contributed by atoms with E-state index in [1.165, 1.54) is 0 Å². The predicted octanol–water partition coefficient (Wildman–Crippen LogP) is 3.05. The quantitative estimate of drug-likeness (QED) is 0.847. The molecule has 2 aromatic rings. The maximum Gasteiger partial charge on any atom is 0.325 e. The maximum absolute atomic E-state index is 11.2. The molecule has 2 rings (SSSR count). The molecule has 4 nitrogen and oxygen atoms in total. The van der Waals surface area contributed by atoms with E-state index in [9.17, 15) is 9.59 Å². The summed E-state index contributed by atoms with van der Waals surface area (Å²) in [6.45, 7) is 0. The molecule has 0 unspecified atom stereocenters. The Labute approximate surface area is 117 Å². The summed E-state index contributed by atoms with van der Waals surface area (Å²) in [4.78, 5) is 21.3. The summed E-state index contributed by atoms with van der Waals surface area (Å²) in [6, 6.07) is 16.7. The summed E-state index contributed by atoms with van der Waals surface area (Å²) < 4.78 is 0. The summed E-state index contributed by atoms with van der Waals surface area (Å²) in [5.74, 6) is 0. The second kappa shape index (κ2) is 7.18. The molecule has 0 spiro atoms. The van der Waals surface area contributed by atoms with Crippen LogP contribution in [0.1, 0.15) is 0 Å². The number of amides is 3. The summed E-state index contributed by atoms with van der Waals surface area (Å²) in [7, 11) is 0. The van der Waals surface area contributed by atoms with Gasteiger partial charge in [0.05, 0.1) is 0 Å². The lowest BCUT2D eigenvalue weighted by atomic mass is 10.1. The molecule has 0 aliphatic carbocycles. The van der Waals surface area contributed by atoms with Crippen molar-refractivity contribution in [3.8, 4) is 11.1 Å². The highest BCUT2D eigenvalue weighted by Crippen LogP contribution is 2.22. The lowest BCUT2D eigenvalue weighted by Crippen LogP contribution is -2.27. The van der Waals surface area contributed by atoms with Gasteiger partial charge in [-0.3, -0.25) is 10.1 Å². The van der Waals surface area contributed by atoms with Crippen LogP contribution in [-0.2, 0) is 4.79 Å². The van der Waals surface area contributed by atoms with Crippen molar-refractivity contribution < 1.29 is 9.59 Å². The topological polar surface area (TPSA) is 58.2 Å². The molecule has 0 atom stereocenters. The molecule has 5 heteroatoms. The van der Waals surface area contributed by atoms with Crippen molar-refractivity contribution in [3.05, 3.63) is 54.6 Å². The molecule has 0 heterocycles. The molecule has 19 heavy (non-hydrogen) atoms. The first-order chi connectivity index (χ1) is 8.79.